The molecule has 0 aliphatic heterocycles. The topological polar surface area (TPSA) is 38.1 Å². The van der Waals surface area contributed by atoms with Crippen LogP contribution in [0.1, 0.15) is 0 Å². The summed E-state index contributed by atoms with van der Waals surface area (Å²) in [6.45, 7) is -1.08. The van der Waals surface area contributed by atoms with Crippen molar-refractivity contribution in [1.29, 1.82) is 0 Å². The molecule has 15 heavy (non-hydrogen) atoms. The highest BCUT2D eigenvalue weighted by molar-refractivity contribution is 5.77. The van der Waals surface area contributed by atoms with Gasteiger partial charge in [0.15, 0.2) is 0 Å². The molecule has 0 radical (unpaired) electrons. The summed E-state index contributed by atoms with van der Waals surface area (Å²) in [5.74, 6) is -0.0627. The van der Waals surface area contributed by atoms with Crippen molar-refractivity contribution >= 4 is 11.0 Å². The number of pyridine rings is 1. The molecule has 0 bridgehead atoms. The van der Waals surface area contributed by atoms with Crippen LogP contribution in [0.5, 0.6) is 5.75 Å². The lowest BCUT2D eigenvalue weighted by atomic mass is 10.3. The molecule has 2 aromatic heterocycles. The van der Waals surface area contributed by atoms with Gasteiger partial charge in [0.05, 0.1) is 6.20 Å². The second-order valence-electron chi connectivity index (χ2n) is 3.17. The minimum Gasteiger partial charge on any atom is -0.506 e. The number of rotatable bonds is 1. The number of hydrogen-bond donors (Lipinski definition) is 1. The van der Waals surface area contributed by atoms with Crippen LogP contribution in [0.2, 0.25) is 0 Å². The molecule has 0 atom stereocenters. The summed E-state index contributed by atoms with van der Waals surface area (Å²) in [5, 5.41) is 9.56. The summed E-state index contributed by atoms with van der Waals surface area (Å²) in [6.07, 6.45) is -1.86. The number of aromatic hydroxyl groups is 1. The molecule has 0 aliphatic carbocycles. The Morgan fingerprint density at radius 3 is 2.80 bits per heavy atom. The van der Waals surface area contributed by atoms with Crippen LogP contribution in [0.25, 0.3) is 11.0 Å². The summed E-state index contributed by atoms with van der Waals surface area (Å²) in [4.78, 5) is 3.74. The smallest absolute Gasteiger partial charge is 0.406 e. The Kier molecular flexibility index (Phi) is 2.06. The molecule has 2 aromatic rings. The lowest BCUT2D eigenvalue weighted by Crippen LogP contribution is -2.17. The molecule has 0 aromatic carbocycles. The highest BCUT2D eigenvalue weighted by Crippen LogP contribution is 2.23. The first kappa shape index (κ1) is 9.82. The van der Waals surface area contributed by atoms with Gasteiger partial charge >= 0.3 is 6.18 Å². The maximum atomic E-state index is 12.1. The zero-order valence-electron chi connectivity index (χ0n) is 7.49. The van der Waals surface area contributed by atoms with E-state index in [2.05, 4.69) is 4.98 Å². The van der Waals surface area contributed by atoms with Crippen LogP contribution < -0.4 is 0 Å². The Bertz CT molecular complexity index is 490. The van der Waals surface area contributed by atoms with Crippen molar-refractivity contribution in [3.8, 4) is 5.75 Å². The predicted octanol–water partition coefficient (Wildman–Crippen LogP) is 2.30. The Labute approximate surface area is 82.8 Å². The summed E-state index contributed by atoms with van der Waals surface area (Å²) in [7, 11) is 0. The number of hydrogen-bond acceptors (Lipinski definition) is 2. The monoisotopic (exact) mass is 216 g/mol. The van der Waals surface area contributed by atoms with Gasteiger partial charge in [-0.05, 0) is 12.1 Å². The fraction of sp³-hybridized carbons (Fsp3) is 0.222. The first-order valence-corrected chi connectivity index (χ1v) is 4.16. The quantitative estimate of drug-likeness (QED) is 0.794. The normalized spacial score (nSPS) is 12.2. The lowest BCUT2D eigenvalue weighted by Gasteiger charge is -2.07. The molecule has 0 aliphatic rings. The first-order chi connectivity index (χ1) is 6.96. The van der Waals surface area contributed by atoms with Crippen molar-refractivity contribution in [2.24, 2.45) is 0 Å². The van der Waals surface area contributed by atoms with E-state index in [1.54, 1.807) is 0 Å². The van der Waals surface area contributed by atoms with Gasteiger partial charge < -0.3 is 9.67 Å². The SMILES string of the molecule is Oc1cnc2c(ccn2CC(F)(F)F)c1. The van der Waals surface area contributed by atoms with Crippen LogP contribution in [0.15, 0.2) is 24.5 Å². The van der Waals surface area contributed by atoms with E-state index in [1.807, 2.05) is 0 Å². The van der Waals surface area contributed by atoms with E-state index in [4.69, 9.17) is 5.11 Å². The van der Waals surface area contributed by atoms with E-state index < -0.39 is 12.7 Å². The van der Waals surface area contributed by atoms with E-state index in [-0.39, 0.29) is 11.4 Å². The van der Waals surface area contributed by atoms with E-state index in [1.165, 1.54) is 18.3 Å². The molecule has 0 fully saturated rings. The molecule has 0 saturated heterocycles. The zero-order valence-corrected chi connectivity index (χ0v) is 7.49. The molecule has 80 valence electrons. The molecule has 6 heteroatoms. The van der Waals surface area contributed by atoms with Gasteiger partial charge in [0, 0.05) is 11.6 Å². The van der Waals surface area contributed by atoms with Gasteiger partial charge in [0.25, 0.3) is 0 Å². The summed E-state index contributed by atoms with van der Waals surface area (Å²) >= 11 is 0. The standard InChI is InChI=1S/C9H7F3N2O/c10-9(11,12)5-14-2-1-6-3-7(15)4-13-8(6)14/h1-4,15H,5H2. The van der Waals surface area contributed by atoms with Gasteiger partial charge in [-0.25, -0.2) is 4.98 Å². The molecule has 0 saturated carbocycles. The maximum absolute atomic E-state index is 12.1. The van der Waals surface area contributed by atoms with Gasteiger partial charge in [0.1, 0.15) is 17.9 Å². The van der Waals surface area contributed by atoms with E-state index in [0.717, 1.165) is 10.8 Å². The van der Waals surface area contributed by atoms with Crippen LogP contribution in [0.3, 0.4) is 0 Å². The second kappa shape index (κ2) is 3.15. The van der Waals surface area contributed by atoms with Crippen molar-refractivity contribution in [3.05, 3.63) is 24.5 Å². The van der Waals surface area contributed by atoms with Gasteiger partial charge in [0.2, 0.25) is 0 Å². The van der Waals surface area contributed by atoms with Crippen molar-refractivity contribution in [1.82, 2.24) is 9.55 Å². The van der Waals surface area contributed by atoms with Crippen LogP contribution >= 0.6 is 0 Å². The third-order valence-electron chi connectivity index (χ3n) is 1.94. The average Bonchev–Trinajstić information content (AvgIpc) is 2.45. The summed E-state index contributed by atoms with van der Waals surface area (Å²) < 4.78 is 37.4. The van der Waals surface area contributed by atoms with E-state index in [0.29, 0.717) is 5.39 Å². The van der Waals surface area contributed by atoms with Crippen LogP contribution in [-0.4, -0.2) is 20.8 Å². The maximum Gasteiger partial charge on any atom is 0.406 e. The number of alkyl halides is 3. The molecule has 3 nitrogen and oxygen atoms in total. The molecule has 1 N–H and O–H groups in total. The average molecular weight is 216 g/mol. The summed E-state index contributed by atoms with van der Waals surface area (Å²) in [6, 6.07) is 2.85. The van der Waals surface area contributed by atoms with Gasteiger partial charge in [-0.3, -0.25) is 0 Å². The second-order valence-corrected chi connectivity index (χ2v) is 3.17. The zero-order chi connectivity index (χ0) is 11.1. The fourth-order valence-electron chi connectivity index (χ4n) is 1.39. The van der Waals surface area contributed by atoms with Gasteiger partial charge in [-0.15, -0.1) is 0 Å². The first-order valence-electron chi connectivity index (χ1n) is 4.16. The predicted molar refractivity (Wildman–Crippen MR) is 47.5 cm³/mol. The highest BCUT2D eigenvalue weighted by Gasteiger charge is 2.28. The molecule has 0 spiro atoms. The van der Waals surface area contributed by atoms with Gasteiger partial charge in [-0.2, -0.15) is 13.2 Å². The number of aromatic nitrogens is 2. The van der Waals surface area contributed by atoms with Crippen LogP contribution in [0, 0.1) is 0 Å². The highest BCUT2D eigenvalue weighted by atomic mass is 19.4. The molecule has 2 rings (SSSR count). The Morgan fingerprint density at radius 2 is 2.13 bits per heavy atom. The third kappa shape index (κ3) is 2.03. The fourth-order valence-corrected chi connectivity index (χ4v) is 1.39. The lowest BCUT2D eigenvalue weighted by molar-refractivity contribution is -0.139. The minimum absolute atomic E-state index is 0.0627. The number of fused-ring (bicyclic) bond motifs is 1. The van der Waals surface area contributed by atoms with Crippen molar-refractivity contribution < 1.29 is 18.3 Å². The van der Waals surface area contributed by atoms with Crippen LogP contribution in [0.4, 0.5) is 13.2 Å². The van der Waals surface area contributed by atoms with Gasteiger partial charge in [-0.1, -0.05) is 0 Å². The molecule has 0 unspecified atom stereocenters. The minimum atomic E-state index is -4.27. The Hall–Kier alpha value is -1.72. The van der Waals surface area contributed by atoms with E-state index in [9.17, 15) is 13.2 Å². The third-order valence-corrected chi connectivity index (χ3v) is 1.94. The molecule has 2 heterocycles. The number of nitrogens with zero attached hydrogens (tertiary/aromatic N) is 2. The molecule has 0 amide bonds. The van der Waals surface area contributed by atoms with Crippen molar-refractivity contribution in [3.63, 3.8) is 0 Å². The van der Waals surface area contributed by atoms with Crippen molar-refractivity contribution in [2.45, 2.75) is 12.7 Å². The van der Waals surface area contributed by atoms with E-state index >= 15 is 0 Å². The Balaban J connectivity index is 2.45. The van der Waals surface area contributed by atoms with Crippen molar-refractivity contribution in [2.75, 3.05) is 0 Å². The Morgan fingerprint density at radius 1 is 1.40 bits per heavy atom. The van der Waals surface area contributed by atoms with Crippen LogP contribution in [-0.2, 0) is 6.54 Å². The molecular weight excluding hydrogens is 209 g/mol. The molecular formula is C9H7F3N2O. The largest absolute Gasteiger partial charge is 0.506 e. The number of halogens is 3. The summed E-state index contributed by atoms with van der Waals surface area (Å²) in [5.41, 5.74) is 0.213.